The fourth-order valence-corrected chi connectivity index (χ4v) is 4.91. The molecule has 1 unspecified atom stereocenters. The molecule has 1 aliphatic heterocycles. The van der Waals surface area contributed by atoms with E-state index in [1.807, 2.05) is 41.7 Å². The maximum absolute atomic E-state index is 5.56. The van der Waals surface area contributed by atoms with Gasteiger partial charge in [-0.15, -0.1) is 11.3 Å². The van der Waals surface area contributed by atoms with Crippen molar-refractivity contribution < 1.29 is 4.52 Å². The van der Waals surface area contributed by atoms with Gasteiger partial charge in [0.05, 0.1) is 20.9 Å². The van der Waals surface area contributed by atoms with E-state index in [9.17, 15) is 0 Å². The van der Waals surface area contributed by atoms with Gasteiger partial charge >= 0.3 is 0 Å². The molecule has 0 amide bonds. The van der Waals surface area contributed by atoms with Crippen LogP contribution in [0.4, 0.5) is 0 Å². The van der Waals surface area contributed by atoms with Crippen LogP contribution in [-0.2, 0) is 6.54 Å². The molecule has 2 aromatic carbocycles. The number of aromatic nitrogens is 2. The lowest BCUT2D eigenvalue weighted by molar-refractivity contribution is 0.195. The first kappa shape index (κ1) is 16.7. The fraction of sp³-hybridized carbons (Fsp3) is 0.273. The Morgan fingerprint density at radius 2 is 1.93 bits per heavy atom. The number of fused-ring (bicyclic) bond motifs is 1. The SMILES string of the molecule is c1ccc(-c2cc(CN3CCCC(c4nc5ccccc5s4)C3)no2)cc1. The molecule has 1 aliphatic rings. The highest BCUT2D eigenvalue weighted by atomic mass is 32.1. The van der Waals surface area contributed by atoms with Crippen LogP contribution in [0, 0.1) is 0 Å². The summed E-state index contributed by atoms with van der Waals surface area (Å²) in [5.41, 5.74) is 3.19. The van der Waals surface area contributed by atoms with Gasteiger partial charge in [0.25, 0.3) is 0 Å². The van der Waals surface area contributed by atoms with Crippen LogP contribution in [0.2, 0.25) is 0 Å². The molecule has 4 nitrogen and oxygen atoms in total. The molecule has 0 bridgehead atoms. The van der Waals surface area contributed by atoms with Crippen LogP contribution in [0.3, 0.4) is 0 Å². The van der Waals surface area contributed by atoms with Crippen molar-refractivity contribution >= 4 is 21.6 Å². The van der Waals surface area contributed by atoms with E-state index in [0.717, 1.165) is 42.2 Å². The Bertz CT molecular complexity index is 1010. The third-order valence-corrected chi connectivity index (χ3v) is 6.37. The third kappa shape index (κ3) is 3.53. The molecule has 5 rings (SSSR count). The number of piperidine rings is 1. The fourth-order valence-electron chi connectivity index (χ4n) is 3.82. The highest BCUT2D eigenvalue weighted by Gasteiger charge is 2.24. The third-order valence-electron chi connectivity index (χ3n) is 5.17. The van der Waals surface area contributed by atoms with Gasteiger partial charge in [-0.2, -0.15) is 0 Å². The molecule has 0 radical (unpaired) electrons. The Hall–Kier alpha value is -2.50. The molecule has 27 heavy (non-hydrogen) atoms. The average Bonchev–Trinajstić information content (AvgIpc) is 3.36. The maximum atomic E-state index is 5.56. The zero-order chi connectivity index (χ0) is 18.1. The van der Waals surface area contributed by atoms with Crippen LogP contribution in [0.15, 0.2) is 65.2 Å². The monoisotopic (exact) mass is 375 g/mol. The predicted octanol–water partition coefficient (Wildman–Crippen LogP) is 5.33. The molecule has 1 atom stereocenters. The van der Waals surface area contributed by atoms with Crippen LogP contribution < -0.4 is 0 Å². The molecular weight excluding hydrogens is 354 g/mol. The topological polar surface area (TPSA) is 42.2 Å². The number of hydrogen-bond acceptors (Lipinski definition) is 5. The highest BCUT2D eigenvalue weighted by Crippen LogP contribution is 2.33. The molecule has 4 aromatic rings. The molecule has 1 fully saturated rings. The van der Waals surface area contributed by atoms with Gasteiger partial charge in [-0.25, -0.2) is 4.98 Å². The van der Waals surface area contributed by atoms with Gasteiger partial charge in [0, 0.05) is 30.6 Å². The molecule has 0 spiro atoms. The Balaban J connectivity index is 1.29. The predicted molar refractivity (Wildman–Crippen MR) is 109 cm³/mol. The minimum Gasteiger partial charge on any atom is -0.356 e. The van der Waals surface area contributed by atoms with Crippen molar-refractivity contribution in [3.63, 3.8) is 0 Å². The van der Waals surface area contributed by atoms with Gasteiger partial charge < -0.3 is 4.52 Å². The summed E-state index contributed by atoms with van der Waals surface area (Å²) >= 11 is 1.84. The standard InChI is InChI=1S/C22H21N3OS/c1-2-7-16(8-3-1)20-13-18(24-26-20)15-25-12-6-9-17(14-25)22-23-19-10-4-5-11-21(19)27-22/h1-5,7-8,10-11,13,17H,6,9,12,14-15H2. The molecule has 0 aliphatic carbocycles. The average molecular weight is 375 g/mol. The number of thiazole rings is 1. The van der Waals surface area contributed by atoms with E-state index < -0.39 is 0 Å². The summed E-state index contributed by atoms with van der Waals surface area (Å²) in [6.07, 6.45) is 2.41. The van der Waals surface area contributed by atoms with E-state index in [0.29, 0.717) is 5.92 Å². The van der Waals surface area contributed by atoms with E-state index in [2.05, 4.69) is 40.4 Å². The second-order valence-electron chi connectivity index (χ2n) is 7.14. The summed E-state index contributed by atoms with van der Waals surface area (Å²) in [5.74, 6) is 1.35. The van der Waals surface area contributed by atoms with Crippen molar-refractivity contribution in [1.82, 2.24) is 15.0 Å². The second-order valence-corrected chi connectivity index (χ2v) is 8.20. The van der Waals surface area contributed by atoms with Crippen molar-refractivity contribution in [3.05, 3.63) is 71.4 Å². The van der Waals surface area contributed by atoms with Gasteiger partial charge in [0.2, 0.25) is 0 Å². The van der Waals surface area contributed by atoms with Gasteiger partial charge in [0.1, 0.15) is 0 Å². The molecule has 5 heteroatoms. The van der Waals surface area contributed by atoms with Crippen molar-refractivity contribution in [2.45, 2.75) is 25.3 Å². The summed E-state index contributed by atoms with van der Waals surface area (Å²) in [6, 6.07) is 20.6. The quantitative estimate of drug-likeness (QED) is 0.483. The van der Waals surface area contributed by atoms with Crippen LogP contribution in [0.5, 0.6) is 0 Å². The van der Waals surface area contributed by atoms with Gasteiger partial charge in [0.15, 0.2) is 5.76 Å². The van der Waals surface area contributed by atoms with Gasteiger partial charge in [-0.1, -0.05) is 47.6 Å². The zero-order valence-corrected chi connectivity index (χ0v) is 15.9. The van der Waals surface area contributed by atoms with E-state index in [4.69, 9.17) is 9.51 Å². The number of nitrogens with zero attached hydrogens (tertiary/aromatic N) is 3. The minimum absolute atomic E-state index is 0.511. The van der Waals surface area contributed by atoms with E-state index >= 15 is 0 Å². The first-order valence-electron chi connectivity index (χ1n) is 9.44. The molecule has 2 aromatic heterocycles. The Morgan fingerprint density at radius 1 is 1.07 bits per heavy atom. The number of hydrogen-bond donors (Lipinski definition) is 0. The molecule has 3 heterocycles. The molecular formula is C22H21N3OS. The summed E-state index contributed by atoms with van der Waals surface area (Å²) in [4.78, 5) is 7.36. The number of para-hydroxylation sites is 1. The molecule has 0 N–H and O–H groups in total. The summed E-state index contributed by atoms with van der Waals surface area (Å²) in [7, 11) is 0. The lowest BCUT2D eigenvalue weighted by Gasteiger charge is -2.31. The van der Waals surface area contributed by atoms with E-state index in [-0.39, 0.29) is 0 Å². The van der Waals surface area contributed by atoms with Crippen molar-refractivity contribution in [1.29, 1.82) is 0 Å². The first-order chi connectivity index (χ1) is 13.3. The van der Waals surface area contributed by atoms with Gasteiger partial charge in [-0.05, 0) is 31.5 Å². The van der Waals surface area contributed by atoms with Crippen LogP contribution in [-0.4, -0.2) is 28.1 Å². The Kier molecular flexibility index (Phi) is 4.47. The first-order valence-corrected chi connectivity index (χ1v) is 10.3. The largest absolute Gasteiger partial charge is 0.356 e. The van der Waals surface area contributed by atoms with E-state index in [1.54, 1.807) is 0 Å². The normalized spacial score (nSPS) is 18.1. The summed E-state index contributed by atoms with van der Waals surface area (Å²) in [6.45, 7) is 2.97. The minimum atomic E-state index is 0.511. The maximum Gasteiger partial charge on any atom is 0.167 e. The molecule has 136 valence electrons. The van der Waals surface area contributed by atoms with Crippen molar-refractivity contribution in [2.75, 3.05) is 13.1 Å². The molecule has 0 saturated carbocycles. The van der Waals surface area contributed by atoms with Crippen molar-refractivity contribution in [3.8, 4) is 11.3 Å². The highest BCUT2D eigenvalue weighted by molar-refractivity contribution is 7.18. The Labute approximate surface area is 162 Å². The Morgan fingerprint density at radius 3 is 2.81 bits per heavy atom. The van der Waals surface area contributed by atoms with Crippen LogP contribution >= 0.6 is 11.3 Å². The second kappa shape index (κ2) is 7.25. The van der Waals surface area contributed by atoms with Crippen LogP contribution in [0.1, 0.15) is 29.5 Å². The zero-order valence-electron chi connectivity index (χ0n) is 15.0. The lowest BCUT2D eigenvalue weighted by atomic mass is 9.98. The van der Waals surface area contributed by atoms with Gasteiger partial charge in [-0.3, -0.25) is 4.90 Å². The summed E-state index contributed by atoms with van der Waals surface area (Å²) in [5, 5.41) is 5.56. The smallest absolute Gasteiger partial charge is 0.167 e. The van der Waals surface area contributed by atoms with Crippen LogP contribution in [0.25, 0.3) is 21.5 Å². The summed E-state index contributed by atoms with van der Waals surface area (Å²) < 4.78 is 6.84. The molecule has 1 saturated heterocycles. The van der Waals surface area contributed by atoms with E-state index in [1.165, 1.54) is 22.5 Å². The number of rotatable bonds is 4. The number of benzene rings is 2. The lowest BCUT2D eigenvalue weighted by Crippen LogP contribution is -2.33. The number of likely N-dealkylation sites (tertiary alicyclic amines) is 1. The van der Waals surface area contributed by atoms with Crippen molar-refractivity contribution in [2.24, 2.45) is 0 Å².